The van der Waals surface area contributed by atoms with E-state index in [9.17, 15) is 11.0 Å². The van der Waals surface area contributed by atoms with Crippen molar-refractivity contribution < 1.29 is 15.4 Å². The first-order chi connectivity index (χ1) is 30.1. The number of hydrogen-bond acceptors (Lipinski definition) is 2. The molecule has 9 aromatic carbocycles. The summed E-state index contributed by atoms with van der Waals surface area (Å²) in [7, 11) is 0. The fourth-order valence-electron chi connectivity index (χ4n) is 7.21. The highest BCUT2D eigenvalue weighted by Gasteiger charge is 2.21. The second-order valence-electron chi connectivity index (χ2n) is 13.1. The lowest BCUT2D eigenvalue weighted by molar-refractivity contribution is 0.672. The normalized spacial score (nSPS) is 13.4. The Morgan fingerprint density at radius 1 is 0.352 bits per heavy atom. The Labute approximate surface area is 326 Å². The summed E-state index contributed by atoms with van der Waals surface area (Å²) >= 11 is 0. The predicted octanol–water partition coefficient (Wildman–Crippen LogP) is 14.9. The summed E-state index contributed by atoms with van der Waals surface area (Å²) in [5.74, 6) is 0. The van der Waals surface area contributed by atoms with Gasteiger partial charge in [0.1, 0.15) is 11.2 Å². The minimum Gasteiger partial charge on any atom is -0.455 e. The standard InChI is InChI=1S/C52H35NO/c1-3-13-36(14-4-1)38-23-25-39(26-24-38)41-29-33-43(34-30-41)53(42-31-27-40(28-32-42)37-15-5-2-6-16-37)50-21-11-9-18-45(50)48-35-49-46-19-10-12-22-51(46)54-52(49)47-20-8-7-17-44(47)48/h1-35H/i27D,28D,29D,30D,31D,32D,33D,34D. The maximum absolute atomic E-state index is 9.68. The molecule has 10 aromatic rings. The molecule has 0 N–H and O–H groups in total. The largest absolute Gasteiger partial charge is 0.455 e. The molecule has 0 saturated carbocycles. The third-order valence-corrected chi connectivity index (χ3v) is 9.83. The minimum absolute atomic E-state index is 0.0962. The maximum Gasteiger partial charge on any atom is 0.143 e. The summed E-state index contributed by atoms with van der Waals surface area (Å²) in [4.78, 5) is 1.39. The summed E-state index contributed by atoms with van der Waals surface area (Å²) < 4.78 is 82.5. The molecule has 0 amide bonds. The second-order valence-corrected chi connectivity index (χ2v) is 13.1. The highest BCUT2D eigenvalue weighted by Crippen LogP contribution is 2.46. The van der Waals surface area contributed by atoms with Gasteiger partial charge < -0.3 is 9.32 Å². The van der Waals surface area contributed by atoms with Gasteiger partial charge in [0, 0.05) is 33.1 Å². The molecule has 0 aliphatic heterocycles. The topological polar surface area (TPSA) is 16.4 Å². The SMILES string of the molecule is [2H]c1c([2H])c(N(c2ccccc2-c2cc3c4ccccc4oc3c3ccccc23)c2c([2H])c([2H])c(-c3ccc(-c4ccccc4)cc3)c([2H])c2[2H])c([2H])c([2H])c1-c1ccccc1. The van der Waals surface area contributed by atoms with Crippen LogP contribution in [0, 0.1) is 0 Å². The van der Waals surface area contributed by atoms with Gasteiger partial charge in [0.2, 0.25) is 0 Å². The number of benzene rings is 9. The van der Waals surface area contributed by atoms with E-state index in [0.717, 1.165) is 43.8 Å². The molecule has 0 aliphatic rings. The number of fused-ring (bicyclic) bond motifs is 5. The molecule has 0 spiro atoms. The molecule has 0 atom stereocenters. The number of furan rings is 1. The summed E-state index contributed by atoms with van der Waals surface area (Å²) in [5.41, 5.74) is 5.80. The summed E-state index contributed by atoms with van der Waals surface area (Å²) in [6, 6.07) is 48.0. The van der Waals surface area contributed by atoms with E-state index in [1.807, 2.05) is 115 Å². The summed E-state index contributed by atoms with van der Waals surface area (Å²) in [6.45, 7) is 0. The quantitative estimate of drug-likeness (QED) is 0.165. The molecule has 1 aromatic heterocycles. The van der Waals surface area contributed by atoms with E-state index in [-0.39, 0.29) is 46.7 Å². The zero-order valence-corrected chi connectivity index (χ0v) is 28.9. The van der Waals surface area contributed by atoms with Crippen LogP contribution in [0.3, 0.4) is 0 Å². The van der Waals surface area contributed by atoms with E-state index >= 15 is 0 Å². The first kappa shape index (κ1) is 24.2. The van der Waals surface area contributed by atoms with Gasteiger partial charge in [-0.05, 0) is 86.7 Å². The number of para-hydroxylation sites is 2. The zero-order valence-electron chi connectivity index (χ0n) is 36.9. The number of nitrogens with zero attached hydrogens (tertiary/aromatic N) is 1. The number of hydrogen-bond donors (Lipinski definition) is 0. The van der Waals surface area contributed by atoms with Crippen molar-refractivity contribution in [2.24, 2.45) is 0 Å². The highest BCUT2D eigenvalue weighted by atomic mass is 16.3. The molecule has 0 radical (unpaired) electrons. The van der Waals surface area contributed by atoms with Gasteiger partial charge in [-0.15, -0.1) is 0 Å². The monoisotopic (exact) mass is 697 g/mol. The van der Waals surface area contributed by atoms with Crippen LogP contribution in [0.1, 0.15) is 11.0 Å². The lowest BCUT2D eigenvalue weighted by Crippen LogP contribution is -2.11. The first-order valence-corrected chi connectivity index (χ1v) is 17.8. The van der Waals surface area contributed by atoms with Crippen molar-refractivity contribution in [1.82, 2.24) is 0 Å². The van der Waals surface area contributed by atoms with Crippen molar-refractivity contribution in [3.8, 4) is 44.5 Å². The van der Waals surface area contributed by atoms with Gasteiger partial charge in [-0.2, -0.15) is 0 Å². The van der Waals surface area contributed by atoms with Gasteiger partial charge in [0.25, 0.3) is 0 Å². The van der Waals surface area contributed by atoms with E-state index in [4.69, 9.17) is 4.42 Å². The van der Waals surface area contributed by atoms with Crippen LogP contribution in [-0.4, -0.2) is 0 Å². The Morgan fingerprint density at radius 3 is 1.44 bits per heavy atom. The predicted molar refractivity (Wildman–Crippen MR) is 228 cm³/mol. The van der Waals surface area contributed by atoms with Crippen molar-refractivity contribution in [3.63, 3.8) is 0 Å². The molecule has 0 saturated heterocycles. The Kier molecular flexibility index (Phi) is 6.01. The number of anilines is 3. The lowest BCUT2D eigenvalue weighted by Gasteiger charge is -2.28. The van der Waals surface area contributed by atoms with E-state index in [1.54, 1.807) is 48.5 Å². The molecule has 254 valence electrons. The van der Waals surface area contributed by atoms with E-state index in [0.29, 0.717) is 28.0 Å². The summed E-state index contributed by atoms with van der Waals surface area (Å²) in [5, 5.41) is 3.45. The van der Waals surface area contributed by atoms with Gasteiger partial charge in [-0.25, -0.2) is 0 Å². The van der Waals surface area contributed by atoms with Gasteiger partial charge in [-0.1, -0.05) is 170 Å². The first-order valence-electron chi connectivity index (χ1n) is 21.8. The lowest BCUT2D eigenvalue weighted by atomic mass is 9.93. The van der Waals surface area contributed by atoms with Gasteiger partial charge >= 0.3 is 0 Å². The van der Waals surface area contributed by atoms with Crippen molar-refractivity contribution in [2.45, 2.75) is 0 Å². The molecule has 2 heteroatoms. The van der Waals surface area contributed by atoms with Crippen LogP contribution in [0.2, 0.25) is 0 Å². The van der Waals surface area contributed by atoms with Crippen LogP contribution < -0.4 is 4.90 Å². The van der Waals surface area contributed by atoms with Gasteiger partial charge in [0.15, 0.2) is 0 Å². The Hall–Kier alpha value is -7.16. The Bertz CT molecular complexity index is 3330. The van der Waals surface area contributed by atoms with Crippen molar-refractivity contribution in [1.29, 1.82) is 0 Å². The van der Waals surface area contributed by atoms with E-state index in [1.165, 1.54) is 4.90 Å². The average molecular weight is 698 g/mol. The maximum atomic E-state index is 9.68. The van der Waals surface area contributed by atoms with Crippen LogP contribution in [-0.2, 0) is 0 Å². The van der Waals surface area contributed by atoms with Crippen LogP contribution >= 0.6 is 0 Å². The molecule has 2 nitrogen and oxygen atoms in total. The molecular formula is C52H35NO. The third kappa shape index (κ3) is 5.62. The van der Waals surface area contributed by atoms with E-state index in [2.05, 4.69) is 0 Å². The fourth-order valence-corrected chi connectivity index (χ4v) is 7.21. The third-order valence-electron chi connectivity index (χ3n) is 9.83. The Balaban J connectivity index is 1.26. The Morgan fingerprint density at radius 2 is 0.815 bits per heavy atom. The molecule has 0 unspecified atom stereocenters. The molecule has 1 heterocycles. The molecule has 54 heavy (non-hydrogen) atoms. The van der Waals surface area contributed by atoms with Crippen LogP contribution in [0.25, 0.3) is 77.2 Å². The smallest absolute Gasteiger partial charge is 0.143 e. The van der Waals surface area contributed by atoms with Crippen LogP contribution in [0.5, 0.6) is 0 Å². The number of rotatable bonds is 7. The van der Waals surface area contributed by atoms with Crippen molar-refractivity contribution in [2.75, 3.05) is 4.90 Å². The van der Waals surface area contributed by atoms with Crippen LogP contribution in [0.4, 0.5) is 17.1 Å². The van der Waals surface area contributed by atoms with Crippen molar-refractivity contribution >= 4 is 49.8 Å². The second kappa shape index (κ2) is 13.4. The summed E-state index contributed by atoms with van der Waals surface area (Å²) in [6.07, 6.45) is 0. The zero-order chi connectivity index (χ0) is 42.8. The van der Waals surface area contributed by atoms with Gasteiger partial charge in [0.05, 0.1) is 16.7 Å². The average Bonchev–Trinajstić information content (AvgIpc) is 3.69. The molecule has 0 aliphatic carbocycles. The fraction of sp³-hybridized carbons (Fsp3) is 0. The molecular weight excluding hydrogens is 655 g/mol. The van der Waals surface area contributed by atoms with Crippen molar-refractivity contribution in [3.05, 3.63) is 212 Å². The molecule has 0 fully saturated rings. The van der Waals surface area contributed by atoms with E-state index < -0.39 is 24.2 Å². The minimum atomic E-state index is -0.409. The molecule has 10 rings (SSSR count). The highest BCUT2D eigenvalue weighted by molar-refractivity contribution is 6.19. The van der Waals surface area contributed by atoms with Gasteiger partial charge in [-0.3, -0.25) is 0 Å². The molecule has 0 bridgehead atoms. The van der Waals surface area contributed by atoms with Crippen LogP contribution in [0.15, 0.2) is 217 Å².